The van der Waals surface area contributed by atoms with Crippen LogP contribution in [0.3, 0.4) is 0 Å². The molecule has 0 unspecified atom stereocenters. The Morgan fingerprint density at radius 2 is 2.15 bits per heavy atom. The van der Waals surface area contributed by atoms with Gasteiger partial charge in [0, 0.05) is 18.1 Å². The Kier molecular flexibility index (Phi) is 5.64. The Bertz CT molecular complexity index is 945. The number of halogens is 2. The van der Waals surface area contributed by atoms with Crippen LogP contribution >= 0.6 is 35.0 Å². The van der Waals surface area contributed by atoms with Crippen LogP contribution in [0.15, 0.2) is 35.7 Å². The molecule has 12 heteroatoms. The molecule has 0 N–H and O–H groups in total. The summed E-state index contributed by atoms with van der Waals surface area (Å²) in [6, 6.07) is 4.95. The van der Waals surface area contributed by atoms with Crippen LogP contribution in [-0.4, -0.2) is 29.5 Å². The van der Waals surface area contributed by atoms with Crippen molar-refractivity contribution in [1.82, 2.24) is 24.5 Å². The molecule has 9 nitrogen and oxygen atoms in total. The van der Waals surface area contributed by atoms with Crippen molar-refractivity contribution in [3.8, 4) is 5.75 Å². The summed E-state index contributed by atoms with van der Waals surface area (Å²) in [5.41, 5.74) is -0.0592. The van der Waals surface area contributed by atoms with Crippen molar-refractivity contribution in [3.63, 3.8) is 0 Å². The molecule has 0 atom stereocenters. The molecular formula is C14H12Cl2N6O3S. The monoisotopic (exact) mass is 414 g/mol. The van der Waals surface area contributed by atoms with Crippen LogP contribution in [0.25, 0.3) is 0 Å². The molecule has 0 saturated carbocycles. The zero-order chi connectivity index (χ0) is 18.7. The van der Waals surface area contributed by atoms with Gasteiger partial charge in [0.15, 0.2) is 11.0 Å². The average Bonchev–Trinajstić information content (AvgIpc) is 3.21. The molecular weight excluding hydrogens is 403 g/mol. The third-order valence-electron chi connectivity index (χ3n) is 3.33. The summed E-state index contributed by atoms with van der Waals surface area (Å²) in [7, 11) is 1.80. The van der Waals surface area contributed by atoms with E-state index in [-0.39, 0.29) is 12.3 Å². The van der Waals surface area contributed by atoms with Crippen molar-refractivity contribution < 1.29 is 9.66 Å². The van der Waals surface area contributed by atoms with Gasteiger partial charge < -0.3 is 9.30 Å². The zero-order valence-electron chi connectivity index (χ0n) is 13.4. The van der Waals surface area contributed by atoms with E-state index >= 15 is 0 Å². The summed E-state index contributed by atoms with van der Waals surface area (Å²) < 4.78 is 8.87. The van der Waals surface area contributed by atoms with Crippen molar-refractivity contribution in [1.29, 1.82) is 0 Å². The van der Waals surface area contributed by atoms with Gasteiger partial charge in [-0.2, -0.15) is 5.10 Å². The largest absolute Gasteiger partial charge is 0.484 e. The van der Waals surface area contributed by atoms with E-state index in [0.717, 1.165) is 0 Å². The molecule has 0 aliphatic rings. The molecule has 2 heterocycles. The van der Waals surface area contributed by atoms with E-state index in [2.05, 4.69) is 15.3 Å². The van der Waals surface area contributed by atoms with Gasteiger partial charge in [0.25, 0.3) is 0 Å². The quantitative estimate of drug-likeness (QED) is 0.330. The Morgan fingerprint density at radius 1 is 1.35 bits per heavy atom. The van der Waals surface area contributed by atoms with Gasteiger partial charge in [0.2, 0.25) is 0 Å². The van der Waals surface area contributed by atoms with E-state index in [4.69, 9.17) is 27.9 Å². The van der Waals surface area contributed by atoms with Gasteiger partial charge in [0.1, 0.15) is 24.8 Å². The first kappa shape index (κ1) is 18.5. The number of rotatable bonds is 7. The molecule has 1 aromatic carbocycles. The first-order valence-electron chi connectivity index (χ1n) is 7.20. The summed E-state index contributed by atoms with van der Waals surface area (Å²) in [6.45, 7) is 0.164. The van der Waals surface area contributed by atoms with E-state index in [1.54, 1.807) is 29.8 Å². The van der Waals surface area contributed by atoms with E-state index in [9.17, 15) is 10.1 Å². The number of nitrogens with zero attached hydrogens (tertiary/aromatic N) is 6. The Labute approximate surface area is 162 Å². The number of benzene rings is 1. The lowest BCUT2D eigenvalue weighted by molar-refractivity contribution is -0.385. The molecule has 0 amide bonds. The number of nitro groups is 1. The molecule has 0 aliphatic heterocycles. The maximum atomic E-state index is 10.7. The summed E-state index contributed by atoms with van der Waals surface area (Å²) in [4.78, 5) is 10.2. The van der Waals surface area contributed by atoms with Gasteiger partial charge in [-0.05, 0) is 12.1 Å². The lowest BCUT2D eigenvalue weighted by atomic mass is 10.3. The van der Waals surface area contributed by atoms with Crippen molar-refractivity contribution in [2.45, 2.75) is 17.6 Å². The second-order valence-corrected chi connectivity index (χ2v) is 6.85. The fraction of sp³-hybridized carbons (Fsp3) is 0.214. The SMILES string of the molecule is Cn1c(COc2cc(Cl)ccc2Cl)nnc1SCn1cc([N+](=O)[O-])cn1. The van der Waals surface area contributed by atoms with Gasteiger partial charge in [-0.3, -0.25) is 14.8 Å². The molecule has 0 saturated heterocycles. The van der Waals surface area contributed by atoms with Gasteiger partial charge >= 0.3 is 5.69 Å². The average molecular weight is 415 g/mol. The predicted octanol–water partition coefficient (Wildman–Crippen LogP) is 3.56. The predicted molar refractivity (Wildman–Crippen MR) is 96.5 cm³/mol. The highest BCUT2D eigenvalue weighted by Gasteiger charge is 2.13. The molecule has 2 aromatic heterocycles. The van der Waals surface area contributed by atoms with Crippen LogP contribution in [0.1, 0.15) is 5.82 Å². The highest BCUT2D eigenvalue weighted by molar-refractivity contribution is 7.98. The highest BCUT2D eigenvalue weighted by Crippen LogP contribution is 2.28. The standard InChI is InChI=1S/C14H12Cl2N6O3S/c1-20-13(7-25-12-4-9(15)2-3-11(12)16)18-19-14(20)26-8-21-6-10(5-17-21)22(23)24/h2-6H,7-8H2,1H3. The molecule has 0 fully saturated rings. The van der Waals surface area contributed by atoms with Crippen molar-refractivity contribution in [2.24, 2.45) is 7.05 Å². The molecule has 0 aliphatic carbocycles. The van der Waals surface area contributed by atoms with Crippen LogP contribution < -0.4 is 4.74 Å². The molecule has 26 heavy (non-hydrogen) atoms. The fourth-order valence-electron chi connectivity index (χ4n) is 1.97. The Morgan fingerprint density at radius 3 is 2.88 bits per heavy atom. The van der Waals surface area contributed by atoms with Gasteiger partial charge in [-0.25, -0.2) is 0 Å². The molecule has 136 valence electrons. The Hall–Kier alpha value is -2.30. The van der Waals surface area contributed by atoms with Crippen molar-refractivity contribution in [3.05, 3.63) is 56.6 Å². The van der Waals surface area contributed by atoms with E-state index in [0.29, 0.717) is 32.7 Å². The summed E-state index contributed by atoms with van der Waals surface area (Å²) in [5.74, 6) is 1.41. The zero-order valence-corrected chi connectivity index (χ0v) is 15.7. The van der Waals surface area contributed by atoms with Crippen molar-refractivity contribution >= 4 is 40.7 Å². The molecule has 0 spiro atoms. The van der Waals surface area contributed by atoms with Gasteiger partial charge in [-0.15, -0.1) is 10.2 Å². The smallest absolute Gasteiger partial charge is 0.307 e. The molecule has 0 radical (unpaired) electrons. The normalized spacial score (nSPS) is 10.9. The molecule has 0 bridgehead atoms. The topological polar surface area (TPSA) is 101 Å². The molecule has 3 rings (SSSR count). The van der Waals surface area contributed by atoms with Crippen LogP contribution in [0.2, 0.25) is 10.0 Å². The number of thioether (sulfide) groups is 1. The second kappa shape index (κ2) is 7.94. The van der Waals surface area contributed by atoms with Crippen molar-refractivity contribution in [2.75, 3.05) is 0 Å². The summed E-state index contributed by atoms with van der Waals surface area (Å²) >= 11 is 13.3. The third kappa shape index (κ3) is 4.26. The lowest BCUT2D eigenvalue weighted by Crippen LogP contribution is -2.05. The number of hydrogen-bond acceptors (Lipinski definition) is 7. The van der Waals surface area contributed by atoms with Crippen LogP contribution in [-0.2, 0) is 19.5 Å². The maximum Gasteiger partial charge on any atom is 0.307 e. The van der Waals surface area contributed by atoms with Gasteiger partial charge in [-0.1, -0.05) is 35.0 Å². The second-order valence-electron chi connectivity index (χ2n) is 5.09. The minimum absolute atomic E-state index is 0.0592. The number of aromatic nitrogens is 5. The third-order valence-corrected chi connectivity index (χ3v) is 4.89. The number of hydrogen-bond donors (Lipinski definition) is 0. The van der Waals surface area contributed by atoms with Crippen LogP contribution in [0.4, 0.5) is 5.69 Å². The summed E-state index contributed by atoms with van der Waals surface area (Å²) in [5, 5.41) is 24.4. The van der Waals surface area contributed by atoms with Crippen LogP contribution in [0, 0.1) is 10.1 Å². The maximum absolute atomic E-state index is 10.7. The van der Waals surface area contributed by atoms with Crippen LogP contribution in [0.5, 0.6) is 5.75 Å². The lowest BCUT2D eigenvalue weighted by Gasteiger charge is -2.08. The van der Waals surface area contributed by atoms with E-state index in [1.807, 2.05) is 0 Å². The molecule has 3 aromatic rings. The van der Waals surface area contributed by atoms with E-state index < -0.39 is 4.92 Å². The minimum atomic E-state index is -0.493. The summed E-state index contributed by atoms with van der Waals surface area (Å²) in [6.07, 6.45) is 2.56. The Balaban J connectivity index is 1.62. The highest BCUT2D eigenvalue weighted by atomic mass is 35.5. The van der Waals surface area contributed by atoms with E-state index in [1.165, 1.54) is 28.8 Å². The number of ether oxygens (including phenoxy) is 1. The minimum Gasteiger partial charge on any atom is -0.484 e. The first-order valence-corrected chi connectivity index (χ1v) is 8.94. The fourth-order valence-corrected chi connectivity index (χ4v) is 3.09. The van der Waals surface area contributed by atoms with Gasteiger partial charge in [0.05, 0.1) is 15.8 Å². The first-order chi connectivity index (χ1) is 12.4.